The molecule has 0 saturated heterocycles. The fourth-order valence-corrected chi connectivity index (χ4v) is 3.09. The predicted octanol–water partition coefficient (Wildman–Crippen LogP) is 3.17. The smallest absolute Gasteiger partial charge is 0.333 e. The largest absolute Gasteiger partial charge is 0.351 e. The molecule has 3 aromatic heterocycles. The first-order valence-electron chi connectivity index (χ1n) is 9.51. The number of hydrogen-bond acceptors (Lipinski definition) is 8. The summed E-state index contributed by atoms with van der Waals surface area (Å²) in [7, 11) is 0. The highest BCUT2D eigenvalue weighted by Crippen LogP contribution is 2.35. The molecule has 3 amide bonds. The quantitative estimate of drug-likeness (QED) is 0.362. The van der Waals surface area contributed by atoms with Gasteiger partial charge in [-0.05, 0) is 23.8 Å². The van der Waals surface area contributed by atoms with Gasteiger partial charge in [0.05, 0.1) is 24.0 Å². The topological polar surface area (TPSA) is 148 Å². The average Bonchev–Trinajstić information content (AvgIpc) is 3.48. The van der Waals surface area contributed by atoms with Gasteiger partial charge in [0.2, 0.25) is 17.5 Å². The van der Waals surface area contributed by atoms with E-state index in [4.69, 9.17) is 16.1 Å². The fraction of sp³-hybridized carbons (Fsp3) is 0.100. The molecule has 174 valence electrons. The van der Waals surface area contributed by atoms with Gasteiger partial charge in [0.1, 0.15) is 11.6 Å². The van der Waals surface area contributed by atoms with E-state index in [9.17, 15) is 18.4 Å². The number of urea groups is 1. The number of hydrogen-bond donors (Lipinski definition) is 3. The molecule has 0 fully saturated rings. The summed E-state index contributed by atoms with van der Waals surface area (Å²) in [6.07, 6.45) is 2.54. The molecule has 0 aliphatic heterocycles. The van der Waals surface area contributed by atoms with E-state index in [0.29, 0.717) is 0 Å². The van der Waals surface area contributed by atoms with Crippen LogP contribution in [0.5, 0.6) is 0 Å². The zero-order valence-corrected chi connectivity index (χ0v) is 18.0. The van der Waals surface area contributed by atoms with Crippen LogP contribution in [0.1, 0.15) is 22.1 Å². The molecular formula is C20H14ClF2N7O4. The molecule has 3 N–H and O–H groups in total. The van der Waals surface area contributed by atoms with Crippen molar-refractivity contribution in [2.24, 2.45) is 0 Å². The number of hydrazine groups is 1. The lowest BCUT2D eigenvalue weighted by atomic mass is 9.99. The van der Waals surface area contributed by atoms with Crippen molar-refractivity contribution in [1.29, 1.82) is 0 Å². The number of carbonyl (C=O) groups is 2. The van der Waals surface area contributed by atoms with Crippen molar-refractivity contribution in [2.45, 2.75) is 13.5 Å². The monoisotopic (exact) mass is 489 g/mol. The van der Waals surface area contributed by atoms with Crippen molar-refractivity contribution in [3.8, 4) is 22.5 Å². The maximum absolute atomic E-state index is 14.7. The van der Waals surface area contributed by atoms with Crippen molar-refractivity contribution < 1.29 is 27.4 Å². The zero-order valence-electron chi connectivity index (χ0n) is 17.2. The van der Waals surface area contributed by atoms with Crippen molar-refractivity contribution in [1.82, 2.24) is 36.4 Å². The molecule has 0 aliphatic carbocycles. The highest BCUT2D eigenvalue weighted by atomic mass is 35.5. The van der Waals surface area contributed by atoms with Gasteiger partial charge >= 0.3 is 11.9 Å². The van der Waals surface area contributed by atoms with Crippen molar-refractivity contribution in [2.75, 3.05) is 0 Å². The molecule has 0 atom stereocenters. The summed E-state index contributed by atoms with van der Waals surface area (Å²) in [5.41, 5.74) is 4.41. The summed E-state index contributed by atoms with van der Waals surface area (Å²) in [5.74, 6) is -2.16. The van der Waals surface area contributed by atoms with Crippen molar-refractivity contribution in [3.05, 3.63) is 70.7 Å². The molecular weight excluding hydrogens is 476 g/mol. The zero-order chi connectivity index (χ0) is 24.2. The number of nitrogens with one attached hydrogen (secondary N) is 3. The number of pyridine rings is 1. The van der Waals surface area contributed by atoms with E-state index >= 15 is 0 Å². The number of aryl methyl sites for hydroxylation is 1. The molecule has 0 aliphatic rings. The van der Waals surface area contributed by atoms with Crippen LogP contribution < -0.4 is 16.2 Å². The standard InChI is InChI=1S/C20H14ClF2N7O4/c1-9-27-18(30-33-9)17-12(5-11(21)6-14(17)23)10-4-13(22)15(24-7-10)8-25-20(32)29-28-19(31)16-2-3-26-34-16/h2-7H,8H2,1H3,(H,28,31)(H2,25,29,32). The maximum Gasteiger partial charge on any atom is 0.333 e. The van der Waals surface area contributed by atoms with E-state index in [-0.39, 0.29) is 51.4 Å². The maximum atomic E-state index is 14.7. The molecule has 0 saturated carbocycles. The van der Waals surface area contributed by atoms with Gasteiger partial charge in [-0.3, -0.25) is 15.2 Å². The lowest BCUT2D eigenvalue weighted by Gasteiger charge is -2.11. The normalized spacial score (nSPS) is 10.7. The second kappa shape index (κ2) is 9.62. The van der Waals surface area contributed by atoms with E-state index in [1.807, 2.05) is 0 Å². The van der Waals surface area contributed by atoms with Gasteiger partial charge in [-0.25, -0.2) is 19.0 Å². The van der Waals surface area contributed by atoms with E-state index in [1.54, 1.807) is 6.92 Å². The van der Waals surface area contributed by atoms with Gasteiger partial charge in [0, 0.05) is 29.8 Å². The Kier molecular flexibility index (Phi) is 6.45. The second-order valence-corrected chi connectivity index (χ2v) is 7.17. The van der Waals surface area contributed by atoms with Crippen LogP contribution in [0, 0.1) is 18.6 Å². The first-order chi connectivity index (χ1) is 16.3. The molecule has 0 spiro atoms. The summed E-state index contributed by atoms with van der Waals surface area (Å²) >= 11 is 5.99. The highest BCUT2D eigenvalue weighted by molar-refractivity contribution is 6.31. The Labute approximate surface area is 194 Å². The van der Waals surface area contributed by atoms with E-state index in [1.165, 1.54) is 24.5 Å². The van der Waals surface area contributed by atoms with Crippen LogP contribution >= 0.6 is 11.6 Å². The van der Waals surface area contributed by atoms with Crippen molar-refractivity contribution >= 4 is 23.5 Å². The number of amides is 3. The second-order valence-electron chi connectivity index (χ2n) is 6.74. The van der Waals surface area contributed by atoms with Crippen LogP contribution in [0.2, 0.25) is 5.02 Å². The van der Waals surface area contributed by atoms with Crippen LogP contribution in [0.4, 0.5) is 13.6 Å². The molecule has 1 aromatic carbocycles. The number of rotatable bonds is 5. The Morgan fingerprint density at radius 2 is 1.94 bits per heavy atom. The number of nitrogens with zero attached hydrogens (tertiary/aromatic N) is 4. The summed E-state index contributed by atoms with van der Waals surface area (Å²) in [5, 5.41) is 9.49. The van der Waals surface area contributed by atoms with Crippen LogP contribution in [0.25, 0.3) is 22.5 Å². The van der Waals surface area contributed by atoms with Crippen LogP contribution in [0.3, 0.4) is 0 Å². The predicted molar refractivity (Wildman–Crippen MR) is 112 cm³/mol. The summed E-state index contributed by atoms with van der Waals surface area (Å²) < 4.78 is 39.0. The van der Waals surface area contributed by atoms with Crippen LogP contribution in [-0.4, -0.2) is 32.2 Å². The van der Waals surface area contributed by atoms with Crippen LogP contribution in [-0.2, 0) is 6.54 Å². The molecule has 14 heteroatoms. The molecule has 0 bridgehead atoms. The minimum absolute atomic E-state index is 0.0307. The van der Waals surface area contributed by atoms with E-state index in [0.717, 1.165) is 12.1 Å². The van der Waals surface area contributed by atoms with Crippen LogP contribution in [0.15, 0.2) is 45.7 Å². The van der Waals surface area contributed by atoms with Gasteiger partial charge in [-0.15, -0.1) is 0 Å². The first kappa shape index (κ1) is 22.8. The number of halogens is 3. The highest BCUT2D eigenvalue weighted by Gasteiger charge is 2.20. The summed E-state index contributed by atoms with van der Waals surface area (Å²) in [6.45, 7) is 1.24. The molecule has 0 radical (unpaired) electrons. The third kappa shape index (κ3) is 4.99. The molecule has 4 aromatic rings. The Hall–Kier alpha value is -4.39. The molecule has 3 heterocycles. The number of carbonyl (C=O) groups excluding carboxylic acids is 2. The van der Waals surface area contributed by atoms with Gasteiger partial charge in [-0.2, -0.15) is 4.98 Å². The Balaban J connectivity index is 1.48. The molecule has 0 unspecified atom stereocenters. The lowest BCUT2D eigenvalue weighted by molar-refractivity contribution is 0.0899. The van der Waals surface area contributed by atoms with Gasteiger partial charge in [0.25, 0.3) is 0 Å². The lowest BCUT2D eigenvalue weighted by Crippen LogP contribution is -2.46. The minimum atomic E-state index is -0.829. The fourth-order valence-electron chi connectivity index (χ4n) is 2.89. The Morgan fingerprint density at radius 3 is 2.62 bits per heavy atom. The third-order valence-corrected chi connectivity index (χ3v) is 4.62. The van der Waals surface area contributed by atoms with Crippen molar-refractivity contribution in [3.63, 3.8) is 0 Å². The van der Waals surface area contributed by atoms with E-state index < -0.39 is 23.6 Å². The van der Waals surface area contributed by atoms with Gasteiger partial charge in [0.15, 0.2) is 0 Å². The summed E-state index contributed by atoms with van der Waals surface area (Å²) in [4.78, 5) is 31.6. The third-order valence-electron chi connectivity index (χ3n) is 4.40. The average molecular weight is 490 g/mol. The number of benzene rings is 1. The van der Waals surface area contributed by atoms with E-state index in [2.05, 4.69) is 41.0 Å². The molecule has 34 heavy (non-hydrogen) atoms. The number of aromatic nitrogens is 4. The Morgan fingerprint density at radius 1 is 1.12 bits per heavy atom. The van der Waals surface area contributed by atoms with Gasteiger partial charge < -0.3 is 14.4 Å². The molecule has 4 rings (SSSR count). The summed E-state index contributed by atoms with van der Waals surface area (Å²) in [6, 6.07) is 4.07. The SMILES string of the molecule is Cc1nc(-c2c(F)cc(Cl)cc2-c2cnc(CNC(=O)NNC(=O)c3ccno3)c(F)c2)no1. The minimum Gasteiger partial charge on any atom is -0.351 e. The van der Waals surface area contributed by atoms with Gasteiger partial charge in [-0.1, -0.05) is 21.9 Å². The first-order valence-corrected chi connectivity index (χ1v) is 9.89. The molecule has 11 nitrogen and oxygen atoms in total. The Bertz CT molecular complexity index is 1360.